The number of rotatable bonds is 8. The maximum Gasteiger partial charge on any atom is 0.230 e. The molecular weight excluding hydrogens is 366 g/mol. The van der Waals surface area contributed by atoms with Crippen molar-refractivity contribution in [1.29, 1.82) is 0 Å². The maximum atomic E-state index is 12.2. The molecule has 0 spiro atoms. The van der Waals surface area contributed by atoms with Crippen molar-refractivity contribution in [3.63, 3.8) is 0 Å². The fraction of sp³-hybridized carbons (Fsp3) is 0.579. The Hall–Kier alpha value is -1.15. The molecule has 7 heteroatoms. The zero-order valence-electron chi connectivity index (χ0n) is 15.7. The van der Waals surface area contributed by atoms with Gasteiger partial charge in [-0.2, -0.15) is 0 Å². The van der Waals surface area contributed by atoms with Crippen LogP contribution in [0.25, 0.3) is 0 Å². The van der Waals surface area contributed by atoms with Crippen LogP contribution in [0.4, 0.5) is 0 Å². The summed E-state index contributed by atoms with van der Waals surface area (Å²) in [4.78, 5) is 16.7. The van der Waals surface area contributed by atoms with E-state index in [2.05, 4.69) is 47.2 Å². The van der Waals surface area contributed by atoms with Gasteiger partial charge in [-0.25, -0.2) is 0 Å². The minimum absolute atomic E-state index is 0.0191. The van der Waals surface area contributed by atoms with Gasteiger partial charge in [-0.1, -0.05) is 48.2 Å². The van der Waals surface area contributed by atoms with Gasteiger partial charge >= 0.3 is 0 Å². The largest absolute Gasteiger partial charge is 0.379 e. The van der Waals surface area contributed by atoms with Crippen LogP contribution in [0.2, 0.25) is 0 Å². The molecule has 1 aliphatic rings. The summed E-state index contributed by atoms with van der Waals surface area (Å²) in [5.74, 6) is 0.381. The van der Waals surface area contributed by atoms with Gasteiger partial charge in [0, 0.05) is 39.3 Å². The van der Waals surface area contributed by atoms with Crippen molar-refractivity contribution in [1.82, 2.24) is 15.1 Å². The van der Waals surface area contributed by atoms with E-state index in [9.17, 15) is 4.79 Å². The van der Waals surface area contributed by atoms with Gasteiger partial charge in [0.2, 0.25) is 5.91 Å². The van der Waals surface area contributed by atoms with Crippen molar-refractivity contribution in [3.8, 4) is 0 Å². The number of amides is 1. The molecule has 0 saturated carbocycles. The Labute approximate surface area is 166 Å². The number of hydrogen-bond donors (Lipinski definition) is 1. The number of thiocarbonyl (C=S) groups is 1. The lowest BCUT2D eigenvalue weighted by Crippen LogP contribution is -2.36. The van der Waals surface area contributed by atoms with Gasteiger partial charge in [-0.05, 0) is 25.0 Å². The van der Waals surface area contributed by atoms with Gasteiger partial charge in [-0.3, -0.25) is 9.69 Å². The normalized spacial score (nSPS) is 14.8. The predicted octanol–water partition coefficient (Wildman–Crippen LogP) is 2.49. The minimum Gasteiger partial charge on any atom is -0.379 e. The Balaban J connectivity index is 1.81. The molecule has 0 atom stereocenters. The third-order valence-corrected chi connectivity index (χ3v) is 5.96. The average Bonchev–Trinajstić information content (AvgIpc) is 2.67. The summed E-state index contributed by atoms with van der Waals surface area (Å²) >= 11 is 6.81. The quantitative estimate of drug-likeness (QED) is 0.683. The lowest BCUT2D eigenvalue weighted by atomic mass is 10.1. The lowest BCUT2D eigenvalue weighted by Gasteiger charge is -2.27. The SMILES string of the molecule is CCN(CC)C(=S)SCC(=O)NCc1ccccc1CN1CCOCC1. The highest BCUT2D eigenvalue weighted by molar-refractivity contribution is 8.23. The van der Waals surface area contributed by atoms with Gasteiger partial charge in [0.1, 0.15) is 4.32 Å². The molecule has 0 radical (unpaired) electrons. The standard InChI is InChI=1S/C19H29N3O2S2/c1-3-22(4-2)19(25)26-15-18(23)20-13-16-7-5-6-8-17(16)14-21-9-11-24-12-10-21/h5-8H,3-4,9-15H2,1-2H3,(H,20,23). The topological polar surface area (TPSA) is 44.8 Å². The number of carbonyl (C=O) groups excluding carboxylic acids is 1. The number of benzene rings is 1. The highest BCUT2D eigenvalue weighted by Gasteiger charge is 2.13. The average molecular weight is 396 g/mol. The number of morpholine rings is 1. The summed E-state index contributed by atoms with van der Waals surface area (Å²) in [5.41, 5.74) is 2.43. The van der Waals surface area contributed by atoms with E-state index >= 15 is 0 Å². The van der Waals surface area contributed by atoms with Crippen molar-refractivity contribution in [2.45, 2.75) is 26.9 Å². The Bertz CT molecular complexity index is 588. The Morgan fingerprint density at radius 3 is 2.54 bits per heavy atom. The van der Waals surface area contributed by atoms with E-state index in [1.165, 1.54) is 22.9 Å². The molecule has 1 amide bonds. The van der Waals surface area contributed by atoms with Crippen LogP contribution in [0.15, 0.2) is 24.3 Å². The number of nitrogens with one attached hydrogen (secondary N) is 1. The zero-order valence-corrected chi connectivity index (χ0v) is 17.3. The van der Waals surface area contributed by atoms with E-state index in [4.69, 9.17) is 17.0 Å². The summed E-state index contributed by atoms with van der Waals surface area (Å²) in [7, 11) is 0. The highest BCUT2D eigenvalue weighted by Crippen LogP contribution is 2.13. The molecule has 1 aliphatic heterocycles. The summed E-state index contributed by atoms with van der Waals surface area (Å²) in [6, 6.07) is 8.30. The van der Waals surface area contributed by atoms with Crippen LogP contribution in [0, 0.1) is 0 Å². The van der Waals surface area contributed by atoms with E-state index < -0.39 is 0 Å². The first kappa shape index (κ1) is 21.2. The minimum atomic E-state index is 0.0191. The molecule has 1 heterocycles. The van der Waals surface area contributed by atoms with Crippen molar-refractivity contribution in [3.05, 3.63) is 35.4 Å². The van der Waals surface area contributed by atoms with Crippen molar-refractivity contribution in [2.75, 3.05) is 45.1 Å². The summed E-state index contributed by atoms with van der Waals surface area (Å²) in [5, 5.41) is 3.03. The summed E-state index contributed by atoms with van der Waals surface area (Å²) in [6.07, 6.45) is 0. The van der Waals surface area contributed by atoms with Crippen LogP contribution in [-0.2, 0) is 22.6 Å². The molecule has 1 aromatic carbocycles. The maximum absolute atomic E-state index is 12.2. The molecule has 1 fully saturated rings. The van der Waals surface area contributed by atoms with Crippen LogP contribution in [-0.4, -0.2) is 65.2 Å². The molecule has 0 bridgehead atoms. The van der Waals surface area contributed by atoms with Crippen LogP contribution in [0.5, 0.6) is 0 Å². The van der Waals surface area contributed by atoms with E-state index in [1.54, 1.807) is 0 Å². The smallest absolute Gasteiger partial charge is 0.230 e. The first-order valence-corrected chi connectivity index (χ1v) is 10.6. The van der Waals surface area contributed by atoms with Gasteiger partial charge in [0.15, 0.2) is 0 Å². The van der Waals surface area contributed by atoms with E-state index in [-0.39, 0.29) is 5.91 Å². The molecular formula is C19H29N3O2S2. The van der Waals surface area contributed by atoms with Gasteiger partial charge < -0.3 is 15.0 Å². The molecule has 1 aromatic rings. The molecule has 2 rings (SSSR count). The molecule has 0 unspecified atom stereocenters. The molecule has 5 nitrogen and oxygen atoms in total. The number of carbonyl (C=O) groups is 1. The summed E-state index contributed by atoms with van der Waals surface area (Å²) in [6.45, 7) is 10.8. The van der Waals surface area contributed by atoms with Crippen molar-refractivity contribution >= 4 is 34.2 Å². The van der Waals surface area contributed by atoms with Gasteiger partial charge in [-0.15, -0.1) is 0 Å². The van der Waals surface area contributed by atoms with E-state index in [1.807, 2.05) is 6.07 Å². The second-order valence-electron chi connectivity index (χ2n) is 6.16. The summed E-state index contributed by atoms with van der Waals surface area (Å²) < 4.78 is 6.20. The van der Waals surface area contributed by atoms with Gasteiger partial charge in [0.25, 0.3) is 0 Å². The molecule has 1 N–H and O–H groups in total. The van der Waals surface area contributed by atoms with Crippen LogP contribution < -0.4 is 5.32 Å². The monoisotopic (exact) mass is 395 g/mol. The molecule has 1 saturated heterocycles. The number of ether oxygens (including phenoxy) is 1. The van der Waals surface area contributed by atoms with Gasteiger partial charge in [0.05, 0.1) is 19.0 Å². The second kappa shape index (κ2) is 11.5. The lowest BCUT2D eigenvalue weighted by molar-refractivity contribution is -0.118. The highest BCUT2D eigenvalue weighted by atomic mass is 32.2. The molecule has 0 aromatic heterocycles. The second-order valence-corrected chi connectivity index (χ2v) is 7.77. The Morgan fingerprint density at radius 1 is 1.23 bits per heavy atom. The van der Waals surface area contributed by atoms with Crippen LogP contribution in [0.1, 0.15) is 25.0 Å². The third-order valence-electron chi connectivity index (χ3n) is 4.44. The molecule has 26 heavy (non-hydrogen) atoms. The fourth-order valence-corrected chi connectivity index (χ4v) is 4.06. The predicted molar refractivity (Wildman–Crippen MR) is 112 cm³/mol. The van der Waals surface area contributed by atoms with Crippen molar-refractivity contribution < 1.29 is 9.53 Å². The van der Waals surface area contributed by atoms with E-state index in [0.717, 1.165) is 50.3 Å². The number of thioether (sulfide) groups is 1. The first-order valence-electron chi connectivity index (χ1n) is 9.19. The van der Waals surface area contributed by atoms with Crippen LogP contribution >= 0.6 is 24.0 Å². The van der Waals surface area contributed by atoms with Crippen molar-refractivity contribution in [2.24, 2.45) is 0 Å². The molecule has 144 valence electrons. The number of hydrogen-bond acceptors (Lipinski definition) is 5. The molecule has 0 aliphatic carbocycles. The Morgan fingerprint density at radius 2 is 1.88 bits per heavy atom. The Kier molecular flexibility index (Phi) is 9.39. The fourth-order valence-electron chi connectivity index (χ4n) is 2.83. The zero-order chi connectivity index (χ0) is 18.8. The van der Waals surface area contributed by atoms with Crippen LogP contribution in [0.3, 0.4) is 0 Å². The number of nitrogens with zero attached hydrogens (tertiary/aromatic N) is 2. The third kappa shape index (κ3) is 6.87. The van der Waals surface area contributed by atoms with E-state index in [0.29, 0.717) is 12.3 Å². The first-order chi connectivity index (χ1) is 12.6.